The van der Waals surface area contributed by atoms with E-state index in [9.17, 15) is 9.36 Å². The summed E-state index contributed by atoms with van der Waals surface area (Å²) in [6, 6.07) is 0. The first kappa shape index (κ1) is 15.9. The Bertz CT molecular complexity index is 336. The molecule has 6 heteroatoms. The molecule has 0 fully saturated rings. The molecule has 0 aromatic carbocycles. The third-order valence-corrected chi connectivity index (χ3v) is 5.88. The monoisotopic (exact) mass is 310 g/mol. The molecular formula is C10H16BrO4P. The number of carbonyl (C=O) groups is 1. The maximum atomic E-state index is 11.9. The lowest BCUT2D eigenvalue weighted by Gasteiger charge is -2.20. The second-order valence-corrected chi connectivity index (χ2v) is 7.12. The van der Waals surface area contributed by atoms with Crippen LogP contribution in [-0.2, 0) is 18.4 Å². The van der Waals surface area contributed by atoms with E-state index >= 15 is 0 Å². The second-order valence-electron chi connectivity index (χ2n) is 3.18. The van der Waals surface area contributed by atoms with Gasteiger partial charge in [0.25, 0.3) is 0 Å². The van der Waals surface area contributed by atoms with Gasteiger partial charge in [-0.25, -0.2) is 0 Å². The number of alkyl halides is 1. The molecule has 16 heavy (non-hydrogen) atoms. The predicted octanol–water partition coefficient (Wildman–Crippen LogP) is 2.81. The van der Waals surface area contributed by atoms with Crippen LogP contribution in [0.1, 0.15) is 20.3 Å². The molecule has 2 unspecified atom stereocenters. The molecule has 0 radical (unpaired) electrons. The van der Waals surface area contributed by atoms with Gasteiger partial charge in [0.2, 0.25) is 0 Å². The molecule has 92 valence electrons. The predicted molar refractivity (Wildman–Crippen MR) is 66.6 cm³/mol. The van der Waals surface area contributed by atoms with E-state index < -0.39 is 12.2 Å². The van der Waals surface area contributed by atoms with E-state index in [1.807, 2.05) is 0 Å². The molecule has 0 spiro atoms. The SMILES string of the molecule is CC#CCC(C)C(=O)C(Br)P(=O)(OC)OC. The quantitative estimate of drug-likeness (QED) is 0.430. The summed E-state index contributed by atoms with van der Waals surface area (Å²) in [5, 5.41) is 0. The number of halogens is 1. The number of Topliss-reactive ketones (excluding diaryl/α,β-unsaturated/α-hetero) is 1. The Morgan fingerprint density at radius 1 is 1.44 bits per heavy atom. The highest BCUT2D eigenvalue weighted by Gasteiger charge is 2.39. The van der Waals surface area contributed by atoms with Crippen LogP contribution in [0, 0.1) is 17.8 Å². The van der Waals surface area contributed by atoms with Gasteiger partial charge in [0.05, 0.1) is 0 Å². The summed E-state index contributed by atoms with van der Waals surface area (Å²) in [6.07, 6.45) is 0.435. The second kappa shape index (κ2) is 7.24. The van der Waals surface area contributed by atoms with E-state index in [4.69, 9.17) is 9.05 Å². The highest BCUT2D eigenvalue weighted by Crippen LogP contribution is 2.55. The lowest BCUT2D eigenvalue weighted by Crippen LogP contribution is -2.22. The van der Waals surface area contributed by atoms with Crippen molar-refractivity contribution in [3.05, 3.63) is 0 Å². The van der Waals surface area contributed by atoms with E-state index in [0.717, 1.165) is 0 Å². The Morgan fingerprint density at radius 3 is 2.31 bits per heavy atom. The molecule has 0 amide bonds. The first-order chi connectivity index (χ1) is 7.42. The summed E-state index contributed by atoms with van der Waals surface area (Å²) in [5.41, 5.74) is 0. The zero-order valence-electron chi connectivity index (χ0n) is 9.82. The summed E-state index contributed by atoms with van der Waals surface area (Å²) in [4.78, 5) is 11.9. The van der Waals surface area contributed by atoms with Crippen LogP contribution in [0.15, 0.2) is 0 Å². The van der Waals surface area contributed by atoms with Crippen LogP contribution in [0.4, 0.5) is 0 Å². The van der Waals surface area contributed by atoms with Crippen LogP contribution in [0.2, 0.25) is 0 Å². The molecule has 0 aliphatic heterocycles. The van der Waals surface area contributed by atoms with Gasteiger partial charge in [0, 0.05) is 26.6 Å². The normalized spacial score (nSPS) is 14.8. The van der Waals surface area contributed by atoms with Gasteiger partial charge in [0.15, 0.2) is 10.4 Å². The van der Waals surface area contributed by atoms with Crippen LogP contribution in [0.5, 0.6) is 0 Å². The third kappa shape index (κ3) is 4.03. The average Bonchev–Trinajstić information content (AvgIpc) is 2.32. The van der Waals surface area contributed by atoms with Gasteiger partial charge in [-0.15, -0.1) is 11.8 Å². The summed E-state index contributed by atoms with van der Waals surface area (Å²) in [7, 11) is -0.891. The number of carbonyl (C=O) groups excluding carboxylic acids is 1. The van der Waals surface area contributed by atoms with Crippen LogP contribution >= 0.6 is 23.5 Å². The molecule has 0 N–H and O–H groups in total. The fourth-order valence-corrected chi connectivity index (χ4v) is 3.55. The maximum Gasteiger partial charge on any atom is 0.351 e. The lowest BCUT2D eigenvalue weighted by molar-refractivity contribution is -0.120. The Balaban J connectivity index is 4.70. The average molecular weight is 311 g/mol. The summed E-state index contributed by atoms with van der Waals surface area (Å²) in [6.45, 7) is 3.44. The zero-order chi connectivity index (χ0) is 12.8. The number of hydrogen-bond donors (Lipinski definition) is 0. The molecule has 0 heterocycles. The Kier molecular flexibility index (Phi) is 7.17. The van der Waals surface area contributed by atoms with Gasteiger partial charge in [0.1, 0.15) is 0 Å². The Labute approximate surface area is 105 Å². The smallest absolute Gasteiger partial charge is 0.311 e. The minimum atomic E-state index is -3.40. The fourth-order valence-electron chi connectivity index (χ4n) is 1.01. The van der Waals surface area contributed by atoms with E-state index in [-0.39, 0.29) is 11.7 Å². The van der Waals surface area contributed by atoms with Crippen molar-refractivity contribution in [1.82, 2.24) is 0 Å². The van der Waals surface area contributed by atoms with Crippen molar-refractivity contribution < 1.29 is 18.4 Å². The summed E-state index contributed by atoms with van der Waals surface area (Å²) >= 11 is 3.07. The first-order valence-corrected chi connectivity index (χ1v) is 7.24. The molecule has 0 aromatic rings. The molecule has 0 saturated heterocycles. The van der Waals surface area contributed by atoms with E-state index in [0.29, 0.717) is 6.42 Å². The largest absolute Gasteiger partial charge is 0.351 e. The first-order valence-electron chi connectivity index (χ1n) is 4.71. The number of ketones is 1. The van der Waals surface area contributed by atoms with Crippen molar-refractivity contribution in [2.45, 2.75) is 24.8 Å². The molecule has 0 rings (SSSR count). The van der Waals surface area contributed by atoms with Crippen molar-refractivity contribution in [2.24, 2.45) is 5.92 Å². The standard InChI is InChI=1S/C10H16BrO4P/c1-5-6-7-8(2)9(12)10(11)16(13,14-3)15-4/h8,10H,7H2,1-4H3. The number of rotatable bonds is 6. The highest BCUT2D eigenvalue weighted by atomic mass is 79.9. The summed E-state index contributed by atoms with van der Waals surface area (Å²) < 4.78 is 20.5. The van der Waals surface area contributed by atoms with Crippen molar-refractivity contribution >= 4 is 29.3 Å². The lowest BCUT2D eigenvalue weighted by atomic mass is 10.0. The highest BCUT2D eigenvalue weighted by molar-refractivity contribution is 9.11. The molecule has 0 aromatic heterocycles. The molecule has 2 atom stereocenters. The molecule has 0 bridgehead atoms. The van der Waals surface area contributed by atoms with Gasteiger partial charge in [-0.05, 0) is 6.92 Å². The van der Waals surface area contributed by atoms with Crippen molar-refractivity contribution in [2.75, 3.05) is 14.2 Å². The van der Waals surface area contributed by atoms with E-state index in [1.54, 1.807) is 13.8 Å². The third-order valence-electron chi connectivity index (χ3n) is 2.09. The molecule has 0 aliphatic carbocycles. The maximum absolute atomic E-state index is 11.9. The Hall–Kier alpha value is -0.140. The van der Waals surface area contributed by atoms with Gasteiger partial charge in [-0.1, -0.05) is 22.9 Å². The molecule has 0 aliphatic rings. The summed E-state index contributed by atoms with van der Waals surface area (Å²) in [5.74, 6) is 4.98. The van der Waals surface area contributed by atoms with Gasteiger partial charge in [-0.2, -0.15) is 0 Å². The van der Waals surface area contributed by atoms with E-state index in [1.165, 1.54) is 14.2 Å². The van der Waals surface area contributed by atoms with Gasteiger partial charge < -0.3 is 9.05 Å². The fraction of sp³-hybridized carbons (Fsp3) is 0.700. The van der Waals surface area contributed by atoms with Crippen molar-refractivity contribution in [3.63, 3.8) is 0 Å². The van der Waals surface area contributed by atoms with Crippen LogP contribution in [0.25, 0.3) is 0 Å². The van der Waals surface area contributed by atoms with Gasteiger partial charge in [-0.3, -0.25) is 9.36 Å². The van der Waals surface area contributed by atoms with Crippen molar-refractivity contribution in [1.29, 1.82) is 0 Å². The topological polar surface area (TPSA) is 52.6 Å². The molecule has 0 saturated carbocycles. The van der Waals surface area contributed by atoms with Crippen LogP contribution < -0.4 is 0 Å². The molecule has 4 nitrogen and oxygen atoms in total. The van der Waals surface area contributed by atoms with Crippen LogP contribution in [0.3, 0.4) is 0 Å². The van der Waals surface area contributed by atoms with Crippen molar-refractivity contribution in [3.8, 4) is 11.8 Å². The zero-order valence-corrected chi connectivity index (χ0v) is 12.3. The van der Waals surface area contributed by atoms with E-state index in [2.05, 4.69) is 27.8 Å². The van der Waals surface area contributed by atoms with Crippen LogP contribution in [-0.4, -0.2) is 24.6 Å². The minimum Gasteiger partial charge on any atom is -0.311 e. The number of hydrogen-bond acceptors (Lipinski definition) is 4. The Morgan fingerprint density at radius 2 is 1.94 bits per heavy atom. The van der Waals surface area contributed by atoms with Gasteiger partial charge >= 0.3 is 7.60 Å². The minimum absolute atomic E-state index is 0.227. The molecular weight excluding hydrogens is 295 g/mol.